The van der Waals surface area contributed by atoms with E-state index in [1.807, 2.05) is 36.4 Å². The molecule has 0 atom stereocenters. The smallest absolute Gasteiger partial charge is 0.216 e. The van der Waals surface area contributed by atoms with Gasteiger partial charge in [-0.05, 0) is 35.1 Å². The normalized spacial score (nSPS) is 11.3. The van der Waals surface area contributed by atoms with Gasteiger partial charge in [-0.1, -0.05) is 42.5 Å². The predicted molar refractivity (Wildman–Crippen MR) is 97.6 cm³/mol. The zero-order valence-electron chi connectivity index (χ0n) is 12.6. The van der Waals surface area contributed by atoms with Crippen LogP contribution in [0.2, 0.25) is 0 Å². The first kappa shape index (κ1) is 14.5. The number of nitrogens with one attached hydrogen (secondary N) is 1. The average Bonchev–Trinajstić information content (AvgIpc) is 3.01. The van der Waals surface area contributed by atoms with Crippen molar-refractivity contribution >= 4 is 29.2 Å². The number of nitrogens with zero attached hydrogens (tertiary/aromatic N) is 4. The van der Waals surface area contributed by atoms with Gasteiger partial charge in [-0.25, -0.2) is 5.10 Å². The molecule has 2 aromatic carbocycles. The van der Waals surface area contributed by atoms with E-state index in [0.717, 1.165) is 16.5 Å². The Kier molecular flexibility index (Phi) is 3.72. The van der Waals surface area contributed by atoms with Crippen molar-refractivity contribution in [1.29, 1.82) is 0 Å². The van der Waals surface area contributed by atoms with E-state index in [4.69, 9.17) is 12.2 Å². The molecule has 0 aliphatic rings. The Morgan fingerprint density at radius 1 is 1.00 bits per heavy atom. The van der Waals surface area contributed by atoms with Crippen LogP contribution >= 0.6 is 12.2 Å². The molecule has 0 spiro atoms. The van der Waals surface area contributed by atoms with Crippen LogP contribution in [0.4, 0.5) is 0 Å². The van der Waals surface area contributed by atoms with Gasteiger partial charge in [-0.3, -0.25) is 4.98 Å². The molecule has 0 saturated heterocycles. The lowest BCUT2D eigenvalue weighted by molar-refractivity contribution is 0.871. The number of hydrogen-bond acceptors (Lipinski definition) is 4. The highest BCUT2D eigenvalue weighted by Gasteiger charge is 2.07. The molecule has 2 heterocycles. The number of benzene rings is 2. The highest BCUT2D eigenvalue weighted by molar-refractivity contribution is 7.71. The molecule has 0 unspecified atom stereocenters. The topological polar surface area (TPSA) is 58.9 Å². The van der Waals surface area contributed by atoms with Crippen LogP contribution in [0, 0.1) is 4.77 Å². The molecule has 116 valence electrons. The number of hydrogen-bond donors (Lipinski definition) is 1. The number of rotatable bonds is 3. The zero-order valence-corrected chi connectivity index (χ0v) is 13.4. The number of aromatic amines is 1. The van der Waals surface area contributed by atoms with Gasteiger partial charge < -0.3 is 0 Å². The van der Waals surface area contributed by atoms with Crippen LogP contribution in [0.15, 0.2) is 72.1 Å². The minimum absolute atomic E-state index is 0.443. The minimum atomic E-state index is 0.443. The SMILES string of the molecule is S=c1[nH]nc(-c2ccncc2)n1N=Cc1cccc2ccccc12. The van der Waals surface area contributed by atoms with Crippen LogP contribution in [0.1, 0.15) is 5.56 Å². The van der Waals surface area contributed by atoms with Crippen molar-refractivity contribution in [2.75, 3.05) is 0 Å². The highest BCUT2D eigenvalue weighted by atomic mass is 32.1. The molecule has 0 bridgehead atoms. The standard InChI is InChI=1S/C18H13N5S/c24-18-22-21-17(14-8-10-19-11-9-14)23(18)20-12-15-6-3-5-13-4-1-2-7-16(13)15/h1-12H,(H,22,24). The summed E-state index contributed by atoms with van der Waals surface area (Å²) in [6.45, 7) is 0. The van der Waals surface area contributed by atoms with Gasteiger partial charge in [0.15, 0.2) is 5.82 Å². The van der Waals surface area contributed by atoms with Crippen LogP contribution < -0.4 is 0 Å². The summed E-state index contributed by atoms with van der Waals surface area (Å²) in [6, 6.07) is 18.1. The molecule has 6 heteroatoms. The third kappa shape index (κ3) is 2.63. The fraction of sp³-hybridized carbons (Fsp3) is 0. The first-order valence-electron chi connectivity index (χ1n) is 7.43. The van der Waals surface area contributed by atoms with Gasteiger partial charge >= 0.3 is 0 Å². The first-order valence-corrected chi connectivity index (χ1v) is 7.84. The molecule has 2 aromatic heterocycles. The molecule has 5 nitrogen and oxygen atoms in total. The maximum absolute atomic E-state index is 5.30. The van der Waals surface area contributed by atoms with Gasteiger partial charge in [0.1, 0.15) is 0 Å². The molecule has 4 rings (SSSR count). The maximum atomic E-state index is 5.30. The molecular formula is C18H13N5S. The molecule has 0 aliphatic heterocycles. The Balaban J connectivity index is 1.80. The third-order valence-corrected chi connectivity index (χ3v) is 3.99. The Labute approximate surface area is 143 Å². The largest absolute Gasteiger partial charge is 0.265 e. The van der Waals surface area contributed by atoms with Gasteiger partial charge in [0, 0.05) is 23.5 Å². The molecule has 0 amide bonds. The van der Waals surface area contributed by atoms with E-state index < -0.39 is 0 Å². The van der Waals surface area contributed by atoms with Gasteiger partial charge in [0.2, 0.25) is 4.77 Å². The molecule has 0 radical (unpaired) electrons. The van der Waals surface area contributed by atoms with E-state index in [1.54, 1.807) is 23.3 Å². The van der Waals surface area contributed by atoms with Crippen molar-refractivity contribution in [1.82, 2.24) is 19.9 Å². The fourth-order valence-electron chi connectivity index (χ4n) is 2.57. The van der Waals surface area contributed by atoms with Crippen molar-refractivity contribution < 1.29 is 0 Å². The van der Waals surface area contributed by atoms with Crippen LogP contribution in [0.25, 0.3) is 22.2 Å². The van der Waals surface area contributed by atoms with E-state index >= 15 is 0 Å². The maximum Gasteiger partial charge on any atom is 0.216 e. The molecule has 0 fully saturated rings. The summed E-state index contributed by atoms with van der Waals surface area (Å²) >= 11 is 5.30. The Morgan fingerprint density at radius 3 is 2.67 bits per heavy atom. The van der Waals surface area contributed by atoms with Gasteiger partial charge in [0.25, 0.3) is 0 Å². The second kappa shape index (κ2) is 6.17. The highest BCUT2D eigenvalue weighted by Crippen LogP contribution is 2.18. The van der Waals surface area contributed by atoms with Gasteiger partial charge in [0.05, 0.1) is 6.21 Å². The van der Waals surface area contributed by atoms with Crippen LogP contribution in [0.3, 0.4) is 0 Å². The van der Waals surface area contributed by atoms with E-state index in [0.29, 0.717) is 10.6 Å². The Hall–Kier alpha value is -3.12. The summed E-state index contributed by atoms with van der Waals surface area (Å²) in [5, 5.41) is 13.9. The summed E-state index contributed by atoms with van der Waals surface area (Å²) in [5.41, 5.74) is 1.92. The van der Waals surface area contributed by atoms with Crippen molar-refractivity contribution in [3.05, 3.63) is 77.3 Å². The monoisotopic (exact) mass is 331 g/mol. The van der Waals surface area contributed by atoms with E-state index in [1.165, 1.54) is 5.39 Å². The van der Waals surface area contributed by atoms with Crippen molar-refractivity contribution in [3.63, 3.8) is 0 Å². The third-order valence-electron chi connectivity index (χ3n) is 3.72. The van der Waals surface area contributed by atoms with Crippen LogP contribution in [-0.2, 0) is 0 Å². The number of pyridine rings is 1. The molecule has 24 heavy (non-hydrogen) atoms. The van der Waals surface area contributed by atoms with E-state index in [2.05, 4.69) is 38.5 Å². The van der Waals surface area contributed by atoms with Gasteiger partial charge in [-0.15, -0.1) is 0 Å². The molecule has 1 N–H and O–H groups in total. The first-order chi connectivity index (χ1) is 11.8. The van der Waals surface area contributed by atoms with Crippen molar-refractivity contribution in [2.45, 2.75) is 0 Å². The van der Waals surface area contributed by atoms with Crippen molar-refractivity contribution in [2.24, 2.45) is 5.10 Å². The Morgan fingerprint density at radius 2 is 1.79 bits per heavy atom. The number of aromatic nitrogens is 4. The van der Waals surface area contributed by atoms with E-state index in [-0.39, 0.29) is 0 Å². The predicted octanol–water partition coefficient (Wildman–Crippen LogP) is 4.04. The summed E-state index contributed by atoms with van der Waals surface area (Å²) in [4.78, 5) is 4.02. The molecule has 0 aliphatic carbocycles. The summed E-state index contributed by atoms with van der Waals surface area (Å²) < 4.78 is 2.06. The second-order valence-corrected chi connectivity index (χ2v) is 5.60. The second-order valence-electron chi connectivity index (χ2n) is 5.21. The van der Waals surface area contributed by atoms with Crippen LogP contribution in [0.5, 0.6) is 0 Å². The van der Waals surface area contributed by atoms with Crippen molar-refractivity contribution in [3.8, 4) is 11.4 Å². The summed E-state index contributed by atoms with van der Waals surface area (Å²) in [7, 11) is 0. The molecule has 4 aromatic rings. The lowest BCUT2D eigenvalue weighted by Crippen LogP contribution is -1.95. The fourth-order valence-corrected chi connectivity index (χ4v) is 2.75. The average molecular weight is 331 g/mol. The zero-order chi connectivity index (χ0) is 16.4. The minimum Gasteiger partial charge on any atom is -0.265 e. The molecule has 0 saturated carbocycles. The van der Waals surface area contributed by atoms with E-state index in [9.17, 15) is 0 Å². The summed E-state index contributed by atoms with van der Waals surface area (Å²) in [5.74, 6) is 0.652. The number of H-pyrrole nitrogens is 1. The number of fused-ring (bicyclic) bond motifs is 1. The Bertz CT molecular complexity index is 1070. The lowest BCUT2D eigenvalue weighted by Gasteiger charge is -2.03. The van der Waals surface area contributed by atoms with Gasteiger partial charge in [-0.2, -0.15) is 14.9 Å². The quantitative estimate of drug-likeness (QED) is 0.455. The lowest BCUT2D eigenvalue weighted by atomic mass is 10.1. The molecular weight excluding hydrogens is 318 g/mol. The summed E-state index contributed by atoms with van der Waals surface area (Å²) in [6.07, 6.45) is 5.23. The van der Waals surface area contributed by atoms with Crippen LogP contribution in [-0.4, -0.2) is 26.1 Å².